The molecule has 3 heterocycles. The third-order valence-electron chi connectivity index (χ3n) is 4.47. The molecule has 29 heavy (non-hydrogen) atoms. The van der Waals surface area contributed by atoms with Crippen molar-refractivity contribution in [2.45, 2.75) is 31.4 Å². The lowest BCUT2D eigenvalue weighted by Gasteiger charge is -2.09. The van der Waals surface area contributed by atoms with Crippen molar-refractivity contribution in [1.29, 1.82) is 0 Å². The average molecular weight is 427 g/mol. The molecule has 0 N–H and O–H groups in total. The highest BCUT2D eigenvalue weighted by Crippen LogP contribution is 2.39. The Kier molecular flexibility index (Phi) is 5.45. The molecule has 4 rings (SSSR count). The normalized spacial score (nSPS) is 11.1. The van der Waals surface area contributed by atoms with Gasteiger partial charge in [0.2, 0.25) is 0 Å². The van der Waals surface area contributed by atoms with Gasteiger partial charge in [-0.1, -0.05) is 42.1 Å². The second-order valence-electron chi connectivity index (χ2n) is 6.27. The van der Waals surface area contributed by atoms with E-state index >= 15 is 0 Å². The summed E-state index contributed by atoms with van der Waals surface area (Å²) in [6.45, 7) is 4.88. The summed E-state index contributed by atoms with van der Waals surface area (Å²) in [5.74, 6) is 1.24. The van der Waals surface area contributed by atoms with Gasteiger partial charge in [0, 0.05) is 27.9 Å². The molecular weight excluding hydrogens is 408 g/mol. The van der Waals surface area contributed by atoms with Crippen LogP contribution in [0.4, 0.5) is 5.69 Å². The van der Waals surface area contributed by atoms with Crippen molar-refractivity contribution in [3.63, 3.8) is 0 Å². The fourth-order valence-corrected chi connectivity index (χ4v) is 4.83. The zero-order valence-electron chi connectivity index (χ0n) is 15.8. The van der Waals surface area contributed by atoms with Crippen LogP contribution in [0.25, 0.3) is 22.5 Å². The molecule has 0 fully saturated rings. The van der Waals surface area contributed by atoms with Gasteiger partial charge in [-0.3, -0.25) is 14.8 Å². The summed E-state index contributed by atoms with van der Waals surface area (Å²) in [7, 11) is 0. The number of hydrogen-bond acceptors (Lipinski definition) is 7. The molecule has 0 saturated heterocycles. The van der Waals surface area contributed by atoms with Crippen molar-refractivity contribution in [2.24, 2.45) is 0 Å². The number of thiophene rings is 1. The lowest BCUT2D eigenvalue weighted by Crippen LogP contribution is -2.02. The Morgan fingerprint density at radius 2 is 2.03 bits per heavy atom. The zero-order valence-corrected chi connectivity index (χ0v) is 17.5. The Labute approximate surface area is 175 Å². The Bertz CT molecular complexity index is 1150. The van der Waals surface area contributed by atoms with E-state index in [2.05, 4.69) is 51.2 Å². The van der Waals surface area contributed by atoms with E-state index in [1.54, 1.807) is 11.3 Å². The van der Waals surface area contributed by atoms with Gasteiger partial charge in [-0.25, -0.2) is 0 Å². The van der Waals surface area contributed by atoms with Gasteiger partial charge < -0.3 is 4.57 Å². The molecule has 0 bridgehead atoms. The standard InChI is InChI=1S/C19H18N6O2S2/c1-3-24-18(16-11-28-13(2)17(16)14-7-5-4-6-8-14)21-22-19(24)29-12-23-10-15(9-20-23)25(26)27/h4-11H,3,12H2,1-2H3. The van der Waals surface area contributed by atoms with Crippen molar-refractivity contribution in [2.75, 3.05) is 0 Å². The first-order valence-corrected chi connectivity index (χ1v) is 10.8. The van der Waals surface area contributed by atoms with E-state index in [4.69, 9.17) is 0 Å². The van der Waals surface area contributed by atoms with Crippen molar-refractivity contribution in [1.82, 2.24) is 24.5 Å². The molecule has 4 aromatic rings. The molecule has 1 aromatic carbocycles. The first-order valence-electron chi connectivity index (χ1n) is 8.95. The monoisotopic (exact) mass is 426 g/mol. The lowest BCUT2D eigenvalue weighted by molar-refractivity contribution is -0.385. The number of thioether (sulfide) groups is 1. The molecule has 3 aromatic heterocycles. The van der Waals surface area contributed by atoms with Crippen LogP contribution in [0.3, 0.4) is 0 Å². The summed E-state index contributed by atoms with van der Waals surface area (Å²) in [4.78, 5) is 11.6. The molecule has 0 aliphatic heterocycles. The molecule has 0 radical (unpaired) electrons. The van der Waals surface area contributed by atoms with Crippen molar-refractivity contribution in [3.05, 3.63) is 63.1 Å². The number of rotatable bonds is 7. The fourth-order valence-electron chi connectivity index (χ4n) is 3.10. The Morgan fingerprint density at radius 1 is 1.24 bits per heavy atom. The quantitative estimate of drug-likeness (QED) is 0.238. The number of aromatic nitrogens is 5. The second kappa shape index (κ2) is 8.18. The summed E-state index contributed by atoms with van der Waals surface area (Å²) < 4.78 is 3.60. The van der Waals surface area contributed by atoms with Gasteiger partial charge in [0.15, 0.2) is 11.0 Å². The lowest BCUT2D eigenvalue weighted by atomic mass is 10.0. The highest BCUT2D eigenvalue weighted by molar-refractivity contribution is 7.98. The second-order valence-corrected chi connectivity index (χ2v) is 8.26. The van der Waals surface area contributed by atoms with Crippen LogP contribution < -0.4 is 0 Å². The first kappa shape index (κ1) is 19.3. The SMILES string of the molecule is CCn1c(SCn2cc([N+](=O)[O-])cn2)nnc1-c1csc(C)c1-c1ccccc1. The summed E-state index contributed by atoms with van der Waals surface area (Å²) >= 11 is 3.14. The molecule has 0 saturated carbocycles. The fraction of sp³-hybridized carbons (Fsp3) is 0.211. The number of hydrogen-bond donors (Lipinski definition) is 0. The highest BCUT2D eigenvalue weighted by Gasteiger charge is 2.20. The van der Waals surface area contributed by atoms with Gasteiger partial charge in [-0.15, -0.1) is 21.5 Å². The molecule has 0 atom stereocenters. The van der Waals surface area contributed by atoms with Crippen LogP contribution in [0, 0.1) is 17.0 Å². The first-order chi connectivity index (χ1) is 14.1. The van der Waals surface area contributed by atoms with Gasteiger partial charge in [0.25, 0.3) is 0 Å². The Morgan fingerprint density at radius 3 is 2.72 bits per heavy atom. The van der Waals surface area contributed by atoms with Gasteiger partial charge in [0.1, 0.15) is 12.4 Å². The molecule has 10 heteroatoms. The van der Waals surface area contributed by atoms with Crippen LogP contribution in [-0.4, -0.2) is 29.5 Å². The van der Waals surface area contributed by atoms with Crippen molar-refractivity contribution < 1.29 is 4.92 Å². The van der Waals surface area contributed by atoms with Crippen LogP contribution in [0.2, 0.25) is 0 Å². The van der Waals surface area contributed by atoms with Gasteiger partial charge >= 0.3 is 5.69 Å². The van der Waals surface area contributed by atoms with E-state index in [9.17, 15) is 10.1 Å². The molecule has 0 aliphatic carbocycles. The van der Waals surface area contributed by atoms with Crippen molar-refractivity contribution in [3.8, 4) is 22.5 Å². The largest absolute Gasteiger partial charge is 0.307 e. The number of nitrogens with zero attached hydrogens (tertiary/aromatic N) is 6. The van der Waals surface area contributed by atoms with Crippen LogP contribution in [0.15, 0.2) is 53.3 Å². The van der Waals surface area contributed by atoms with Crippen molar-refractivity contribution >= 4 is 28.8 Å². The predicted octanol–water partition coefficient (Wildman–Crippen LogP) is 4.86. The summed E-state index contributed by atoms with van der Waals surface area (Å²) in [5, 5.41) is 26.6. The maximum Gasteiger partial charge on any atom is 0.307 e. The van der Waals surface area contributed by atoms with Crippen LogP contribution in [-0.2, 0) is 12.4 Å². The molecule has 148 valence electrons. The van der Waals surface area contributed by atoms with Crippen LogP contribution >= 0.6 is 23.1 Å². The third kappa shape index (κ3) is 3.81. The van der Waals surface area contributed by atoms with E-state index in [1.165, 1.54) is 39.3 Å². The third-order valence-corrected chi connectivity index (χ3v) is 6.33. The van der Waals surface area contributed by atoms with Gasteiger partial charge in [-0.2, -0.15) is 5.10 Å². The van der Waals surface area contributed by atoms with E-state index < -0.39 is 4.92 Å². The minimum absolute atomic E-state index is 0.0236. The van der Waals surface area contributed by atoms with Gasteiger partial charge in [0.05, 0.1) is 10.8 Å². The average Bonchev–Trinajstić information content (AvgIpc) is 3.44. The van der Waals surface area contributed by atoms with Crippen LogP contribution in [0.1, 0.15) is 11.8 Å². The number of aryl methyl sites for hydroxylation is 1. The molecule has 0 amide bonds. The van der Waals surface area contributed by atoms with Crippen LogP contribution in [0.5, 0.6) is 0 Å². The van der Waals surface area contributed by atoms with E-state index in [1.807, 2.05) is 18.2 Å². The van der Waals surface area contributed by atoms with E-state index in [0.29, 0.717) is 12.4 Å². The van der Waals surface area contributed by atoms with E-state index in [-0.39, 0.29) is 5.69 Å². The molecule has 0 spiro atoms. The predicted molar refractivity (Wildman–Crippen MR) is 114 cm³/mol. The molecule has 0 aliphatic rings. The Hall–Kier alpha value is -2.98. The van der Waals surface area contributed by atoms with E-state index in [0.717, 1.165) is 22.1 Å². The smallest absolute Gasteiger partial charge is 0.302 e. The Balaban J connectivity index is 1.64. The summed E-state index contributed by atoms with van der Waals surface area (Å²) in [6.07, 6.45) is 2.66. The minimum Gasteiger partial charge on any atom is -0.302 e. The zero-order chi connectivity index (χ0) is 20.4. The van der Waals surface area contributed by atoms with Gasteiger partial charge in [-0.05, 0) is 19.4 Å². The molecule has 8 nitrogen and oxygen atoms in total. The molecular formula is C19H18N6O2S2. The highest BCUT2D eigenvalue weighted by atomic mass is 32.2. The minimum atomic E-state index is -0.454. The topological polar surface area (TPSA) is 91.7 Å². The maximum absolute atomic E-state index is 10.8. The molecule has 0 unspecified atom stereocenters. The summed E-state index contributed by atoms with van der Waals surface area (Å²) in [5.41, 5.74) is 3.38. The maximum atomic E-state index is 10.8. The number of benzene rings is 1. The summed E-state index contributed by atoms with van der Waals surface area (Å²) in [6, 6.07) is 10.3. The number of nitro groups is 1.